The van der Waals surface area contributed by atoms with Crippen molar-refractivity contribution in [1.29, 1.82) is 0 Å². The number of benzene rings is 1. The van der Waals surface area contributed by atoms with E-state index in [0.29, 0.717) is 18.0 Å². The molecule has 1 aromatic heterocycles. The van der Waals surface area contributed by atoms with Gasteiger partial charge in [-0.25, -0.2) is 0 Å². The molecule has 0 unspecified atom stereocenters. The maximum absolute atomic E-state index is 12.4. The number of carbonyl (C=O) groups is 1. The zero-order valence-electron chi connectivity index (χ0n) is 12.4. The third kappa shape index (κ3) is 2.95. The summed E-state index contributed by atoms with van der Waals surface area (Å²) in [4.78, 5) is 15.5. The van der Waals surface area contributed by atoms with Crippen molar-refractivity contribution in [2.24, 2.45) is 5.92 Å². The highest BCUT2D eigenvalue weighted by atomic mass is 16.3. The lowest BCUT2D eigenvalue weighted by molar-refractivity contribution is -0.00538. The quantitative estimate of drug-likeness (QED) is 0.812. The van der Waals surface area contributed by atoms with E-state index in [0.717, 1.165) is 36.6 Å². The second kappa shape index (κ2) is 5.53. The molecular weight excluding hydrogens is 264 g/mol. The summed E-state index contributed by atoms with van der Waals surface area (Å²) in [5.41, 5.74) is 0.732. The van der Waals surface area contributed by atoms with Crippen LogP contribution in [0.4, 0.5) is 0 Å². The molecule has 2 aromatic rings. The number of aromatic nitrogens is 1. The molecule has 4 heteroatoms. The van der Waals surface area contributed by atoms with Crippen molar-refractivity contribution in [3.63, 3.8) is 0 Å². The molecule has 0 saturated heterocycles. The van der Waals surface area contributed by atoms with Crippen molar-refractivity contribution < 1.29 is 9.90 Å². The van der Waals surface area contributed by atoms with Crippen LogP contribution in [-0.2, 0) is 0 Å². The van der Waals surface area contributed by atoms with E-state index in [2.05, 4.69) is 17.2 Å². The predicted molar refractivity (Wildman–Crippen MR) is 83.2 cm³/mol. The van der Waals surface area contributed by atoms with Gasteiger partial charge in [0.25, 0.3) is 5.91 Å². The summed E-state index contributed by atoms with van der Waals surface area (Å²) >= 11 is 0. The average Bonchev–Trinajstić information content (AvgIpc) is 2.97. The summed E-state index contributed by atoms with van der Waals surface area (Å²) in [5, 5.41) is 14.5. The molecule has 0 aliphatic heterocycles. The van der Waals surface area contributed by atoms with Gasteiger partial charge in [-0.05, 0) is 43.7 Å². The maximum atomic E-state index is 12.4. The van der Waals surface area contributed by atoms with Gasteiger partial charge in [0.2, 0.25) is 0 Å². The fourth-order valence-electron chi connectivity index (χ4n) is 3.09. The standard InChI is InChI=1S/C17H22N2O2/c1-12-5-8-17(21,9-6-12)11-19-16(20)14-4-2-3-13-7-10-18-15(13)14/h2-4,7,10,12,18,21H,5-6,8-9,11H2,1H3,(H,19,20). The van der Waals surface area contributed by atoms with E-state index < -0.39 is 5.60 Å². The highest BCUT2D eigenvalue weighted by Crippen LogP contribution is 2.31. The van der Waals surface area contributed by atoms with Gasteiger partial charge in [0, 0.05) is 18.1 Å². The molecule has 0 radical (unpaired) electrons. The highest BCUT2D eigenvalue weighted by molar-refractivity contribution is 6.05. The van der Waals surface area contributed by atoms with E-state index >= 15 is 0 Å². The van der Waals surface area contributed by atoms with Gasteiger partial charge >= 0.3 is 0 Å². The van der Waals surface area contributed by atoms with Crippen LogP contribution in [0.2, 0.25) is 0 Å². The summed E-state index contributed by atoms with van der Waals surface area (Å²) in [6, 6.07) is 7.60. The number of rotatable bonds is 3. The van der Waals surface area contributed by atoms with Crippen LogP contribution < -0.4 is 5.32 Å². The van der Waals surface area contributed by atoms with Crippen LogP contribution in [0, 0.1) is 5.92 Å². The molecule has 3 rings (SSSR count). The monoisotopic (exact) mass is 286 g/mol. The first-order valence-electron chi connectivity index (χ1n) is 7.64. The van der Waals surface area contributed by atoms with Gasteiger partial charge in [0.15, 0.2) is 0 Å². The SMILES string of the molecule is CC1CCC(O)(CNC(=O)c2cccc3cc[nH]c23)CC1. The minimum absolute atomic E-state index is 0.130. The Balaban J connectivity index is 1.68. The molecule has 0 bridgehead atoms. The second-order valence-corrected chi connectivity index (χ2v) is 6.34. The minimum Gasteiger partial charge on any atom is -0.388 e. The number of hydrogen-bond acceptors (Lipinski definition) is 2. The molecule has 4 nitrogen and oxygen atoms in total. The van der Waals surface area contributed by atoms with Crippen LogP contribution in [0.3, 0.4) is 0 Å². The first kappa shape index (κ1) is 14.1. The fourth-order valence-corrected chi connectivity index (χ4v) is 3.09. The lowest BCUT2D eigenvalue weighted by Gasteiger charge is -2.34. The van der Waals surface area contributed by atoms with Crippen LogP contribution in [-0.4, -0.2) is 28.1 Å². The van der Waals surface area contributed by atoms with Gasteiger partial charge < -0.3 is 15.4 Å². The molecule has 1 aromatic carbocycles. The van der Waals surface area contributed by atoms with Crippen LogP contribution in [0.5, 0.6) is 0 Å². The van der Waals surface area contributed by atoms with E-state index in [4.69, 9.17) is 0 Å². The number of fused-ring (bicyclic) bond motifs is 1. The molecular formula is C17H22N2O2. The van der Waals surface area contributed by atoms with E-state index in [-0.39, 0.29) is 5.91 Å². The molecule has 1 amide bonds. The summed E-state index contributed by atoms with van der Waals surface area (Å²) < 4.78 is 0. The van der Waals surface area contributed by atoms with Gasteiger partial charge in [0.1, 0.15) is 0 Å². The lowest BCUT2D eigenvalue weighted by Crippen LogP contribution is -2.45. The van der Waals surface area contributed by atoms with Crippen molar-refractivity contribution in [3.05, 3.63) is 36.0 Å². The Hall–Kier alpha value is -1.81. The second-order valence-electron chi connectivity index (χ2n) is 6.34. The maximum Gasteiger partial charge on any atom is 0.253 e. The Labute approximate surface area is 124 Å². The van der Waals surface area contributed by atoms with Crippen molar-refractivity contribution in [1.82, 2.24) is 10.3 Å². The van der Waals surface area contributed by atoms with Crippen molar-refractivity contribution in [3.8, 4) is 0 Å². The summed E-state index contributed by atoms with van der Waals surface area (Å²) in [6.45, 7) is 2.54. The number of carbonyl (C=O) groups excluding carboxylic acids is 1. The number of H-pyrrole nitrogens is 1. The van der Waals surface area contributed by atoms with Crippen LogP contribution in [0.15, 0.2) is 30.5 Å². The molecule has 1 fully saturated rings. The van der Waals surface area contributed by atoms with Crippen molar-refractivity contribution in [2.45, 2.75) is 38.2 Å². The number of hydrogen-bond donors (Lipinski definition) is 3. The van der Waals surface area contributed by atoms with Crippen molar-refractivity contribution in [2.75, 3.05) is 6.54 Å². The number of amides is 1. The normalized spacial score (nSPS) is 25.9. The molecule has 1 aliphatic rings. The smallest absolute Gasteiger partial charge is 0.253 e. The third-order valence-electron chi connectivity index (χ3n) is 4.61. The minimum atomic E-state index is -0.744. The molecule has 3 N–H and O–H groups in total. The Morgan fingerprint density at radius 1 is 1.38 bits per heavy atom. The third-order valence-corrected chi connectivity index (χ3v) is 4.61. The average molecular weight is 286 g/mol. The molecule has 112 valence electrons. The van der Waals surface area contributed by atoms with E-state index in [9.17, 15) is 9.90 Å². The Kier molecular flexibility index (Phi) is 3.72. The zero-order valence-corrected chi connectivity index (χ0v) is 12.4. The summed E-state index contributed by atoms with van der Waals surface area (Å²) in [5.74, 6) is 0.545. The molecule has 1 saturated carbocycles. The number of aliphatic hydroxyl groups is 1. The first-order valence-corrected chi connectivity index (χ1v) is 7.64. The lowest BCUT2D eigenvalue weighted by atomic mass is 9.79. The van der Waals surface area contributed by atoms with Gasteiger partial charge in [-0.2, -0.15) is 0 Å². The Morgan fingerprint density at radius 3 is 2.90 bits per heavy atom. The van der Waals surface area contributed by atoms with E-state index in [1.165, 1.54) is 0 Å². The molecule has 0 spiro atoms. The fraction of sp³-hybridized carbons (Fsp3) is 0.471. The van der Waals surface area contributed by atoms with E-state index in [1.54, 1.807) is 6.07 Å². The molecule has 0 atom stereocenters. The van der Waals surface area contributed by atoms with E-state index in [1.807, 2.05) is 24.4 Å². The zero-order chi connectivity index (χ0) is 14.9. The van der Waals surface area contributed by atoms with Crippen LogP contribution in [0.1, 0.15) is 43.0 Å². The molecule has 21 heavy (non-hydrogen) atoms. The largest absolute Gasteiger partial charge is 0.388 e. The number of aromatic amines is 1. The topological polar surface area (TPSA) is 65.1 Å². The summed E-state index contributed by atoms with van der Waals surface area (Å²) in [6.07, 6.45) is 5.41. The van der Waals surface area contributed by atoms with Gasteiger partial charge in [0.05, 0.1) is 16.7 Å². The van der Waals surface area contributed by atoms with Crippen molar-refractivity contribution >= 4 is 16.8 Å². The van der Waals surface area contributed by atoms with Gasteiger partial charge in [-0.3, -0.25) is 4.79 Å². The first-order chi connectivity index (χ1) is 10.1. The number of nitrogens with one attached hydrogen (secondary N) is 2. The van der Waals surface area contributed by atoms with Gasteiger partial charge in [-0.1, -0.05) is 19.1 Å². The van der Waals surface area contributed by atoms with Crippen LogP contribution >= 0.6 is 0 Å². The molecule has 1 aliphatic carbocycles. The summed E-state index contributed by atoms with van der Waals surface area (Å²) in [7, 11) is 0. The van der Waals surface area contributed by atoms with Gasteiger partial charge in [-0.15, -0.1) is 0 Å². The number of para-hydroxylation sites is 1. The van der Waals surface area contributed by atoms with Crippen LogP contribution in [0.25, 0.3) is 10.9 Å². The predicted octanol–water partition coefficient (Wildman–Crippen LogP) is 2.84. The highest BCUT2D eigenvalue weighted by Gasteiger charge is 2.32. The molecule has 1 heterocycles. The Bertz CT molecular complexity index is 639. The Morgan fingerprint density at radius 2 is 2.14 bits per heavy atom.